The molecular formula is C10H13BrN2O. The molecule has 0 bridgehead atoms. The molecule has 0 N–H and O–H groups in total. The number of aromatic nitrogens is 2. The summed E-state index contributed by atoms with van der Waals surface area (Å²) in [7, 11) is 0. The van der Waals surface area contributed by atoms with E-state index in [1.165, 1.54) is 0 Å². The van der Waals surface area contributed by atoms with Crippen molar-refractivity contribution in [2.45, 2.75) is 31.5 Å². The average Bonchev–Trinajstić information content (AvgIpc) is 2.63. The van der Waals surface area contributed by atoms with E-state index in [0.29, 0.717) is 0 Å². The van der Waals surface area contributed by atoms with E-state index < -0.39 is 0 Å². The van der Waals surface area contributed by atoms with Crippen molar-refractivity contribution in [1.29, 1.82) is 0 Å². The fourth-order valence-electron chi connectivity index (χ4n) is 1.71. The normalized spacial score (nSPS) is 32.0. The van der Waals surface area contributed by atoms with Crippen molar-refractivity contribution in [3.63, 3.8) is 0 Å². The van der Waals surface area contributed by atoms with E-state index in [9.17, 15) is 0 Å². The van der Waals surface area contributed by atoms with E-state index in [4.69, 9.17) is 4.74 Å². The minimum absolute atomic E-state index is 0.0273. The van der Waals surface area contributed by atoms with Crippen molar-refractivity contribution >= 4 is 15.9 Å². The molecule has 1 aromatic rings. The van der Waals surface area contributed by atoms with Gasteiger partial charge in [0, 0.05) is 23.3 Å². The Kier molecular flexibility index (Phi) is 2.83. The zero-order valence-corrected chi connectivity index (χ0v) is 9.70. The lowest BCUT2D eigenvalue weighted by Gasteiger charge is -2.21. The first-order chi connectivity index (χ1) is 6.73. The summed E-state index contributed by atoms with van der Waals surface area (Å²) in [6, 6.07) is 0. The molecule has 1 aliphatic rings. The zero-order chi connectivity index (χ0) is 10.0. The van der Waals surface area contributed by atoms with Crippen LogP contribution in [0.4, 0.5) is 0 Å². The standard InChI is InChI=1S/C10H13BrN2O/c1-10(6-11)3-2-9(14-10)8-4-12-7-13-5-8/h4-5,7,9H,2-3,6H2,1H3. The highest BCUT2D eigenvalue weighted by molar-refractivity contribution is 9.09. The number of nitrogens with zero attached hydrogens (tertiary/aromatic N) is 2. The topological polar surface area (TPSA) is 35.0 Å². The maximum absolute atomic E-state index is 5.96. The summed E-state index contributed by atoms with van der Waals surface area (Å²) in [6.07, 6.45) is 7.50. The minimum Gasteiger partial charge on any atom is -0.366 e. The number of halogens is 1. The maximum Gasteiger partial charge on any atom is 0.115 e. The average molecular weight is 257 g/mol. The molecule has 0 aliphatic carbocycles. The quantitative estimate of drug-likeness (QED) is 0.763. The molecule has 0 amide bonds. The van der Waals surface area contributed by atoms with Gasteiger partial charge in [0.25, 0.3) is 0 Å². The van der Waals surface area contributed by atoms with Gasteiger partial charge in [0.1, 0.15) is 6.33 Å². The molecule has 1 saturated heterocycles. The van der Waals surface area contributed by atoms with Crippen molar-refractivity contribution in [2.24, 2.45) is 0 Å². The minimum atomic E-state index is -0.0273. The van der Waals surface area contributed by atoms with Gasteiger partial charge < -0.3 is 4.74 Å². The lowest BCUT2D eigenvalue weighted by atomic mass is 10.0. The highest BCUT2D eigenvalue weighted by Gasteiger charge is 2.35. The van der Waals surface area contributed by atoms with Crippen molar-refractivity contribution in [1.82, 2.24) is 9.97 Å². The first kappa shape index (κ1) is 10.1. The van der Waals surface area contributed by atoms with Crippen LogP contribution in [0.1, 0.15) is 31.4 Å². The molecule has 0 radical (unpaired) electrons. The lowest BCUT2D eigenvalue weighted by molar-refractivity contribution is -0.0123. The predicted octanol–water partition coefficient (Wildman–Crippen LogP) is 2.48. The Morgan fingerprint density at radius 2 is 2.29 bits per heavy atom. The summed E-state index contributed by atoms with van der Waals surface area (Å²) >= 11 is 3.48. The number of ether oxygens (including phenoxy) is 1. The number of hydrogen-bond acceptors (Lipinski definition) is 3. The molecule has 2 unspecified atom stereocenters. The first-order valence-corrected chi connectivity index (χ1v) is 5.84. The largest absolute Gasteiger partial charge is 0.366 e. The van der Waals surface area contributed by atoms with Gasteiger partial charge in [-0.1, -0.05) is 15.9 Å². The zero-order valence-electron chi connectivity index (χ0n) is 8.11. The SMILES string of the molecule is CC1(CBr)CCC(c2cncnc2)O1. The summed E-state index contributed by atoms with van der Waals surface area (Å²) < 4.78 is 5.96. The Morgan fingerprint density at radius 3 is 2.86 bits per heavy atom. The van der Waals surface area contributed by atoms with E-state index in [1.54, 1.807) is 6.33 Å². The van der Waals surface area contributed by atoms with Crippen molar-refractivity contribution in [3.05, 3.63) is 24.3 Å². The molecule has 4 heteroatoms. The molecular weight excluding hydrogens is 244 g/mol. The van der Waals surface area contributed by atoms with Gasteiger partial charge in [-0.2, -0.15) is 0 Å². The number of hydrogen-bond donors (Lipinski definition) is 0. The van der Waals surface area contributed by atoms with E-state index in [0.717, 1.165) is 23.7 Å². The van der Waals surface area contributed by atoms with Gasteiger partial charge in [-0.3, -0.25) is 0 Å². The Bertz CT molecular complexity index is 306. The Morgan fingerprint density at radius 1 is 1.57 bits per heavy atom. The second-order valence-electron chi connectivity index (χ2n) is 3.90. The van der Waals surface area contributed by atoms with Crippen LogP contribution in [0.3, 0.4) is 0 Å². The van der Waals surface area contributed by atoms with Crippen LogP contribution in [0.15, 0.2) is 18.7 Å². The Hall–Kier alpha value is -0.480. The van der Waals surface area contributed by atoms with Gasteiger partial charge >= 0.3 is 0 Å². The highest BCUT2D eigenvalue weighted by Crippen LogP contribution is 2.39. The van der Waals surface area contributed by atoms with Crippen LogP contribution in [0.25, 0.3) is 0 Å². The molecule has 2 heterocycles. The number of alkyl halides is 1. The van der Waals surface area contributed by atoms with Gasteiger partial charge in [-0.05, 0) is 19.8 Å². The third-order valence-electron chi connectivity index (χ3n) is 2.60. The summed E-state index contributed by atoms with van der Waals surface area (Å²) in [6.45, 7) is 2.13. The third-order valence-corrected chi connectivity index (χ3v) is 3.78. The van der Waals surface area contributed by atoms with Crippen LogP contribution in [-0.2, 0) is 4.74 Å². The fraction of sp³-hybridized carbons (Fsp3) is 0.600. The molecule has 14 heavy (non-hydrogen) atoms. The lowest BCUT2D eigenvalue weighted by Crippen LogP contribution is -2.25. The Labute approximate surface area is 92.0 Å². The molecule has 1 aliphatic heterocycles. The summed E-state index contributed by atoms with van der Waals surface area (Å²) in [4.78, 5) is 8.00. The van der Waals surface area contributed by atoms with Crippen LogP contribution in [-0.4, -0.2) is 20.9 Å². The van der Waals surface area contributed by atoms with E-state index >= 15 is 0 Å². The van der Waals surface area contributed by atoms with E-state index in [2.05, 4.69) is 32.8 Å². The molecule has 1 aromatic heterocycles. The van der Waals surface area contributed by atoms with Crippen LogP contribution in [0, 0.1) is 0 Å². The van der Waals surface area contributed by atoms with Crippen molar-refractivity contribution < 1.29 is 4.74 Å². The third kappa shape index (κ3) is 1.96. The molecule has 3 nitrogen and oxygen atoms in total. The molecule has 76 valence electrons. The molecule has 2 atom stereocenters. The molecule has 0 aromatic carbocycles. The second kappa shape index (κ2) is 3.95. The maximum atomic E-state index is 5.96. The first-order valence-electron chi connectivity index (χ1n) is 4.72. The van der Waals surface area contributed by atoms with Crippen molar-refractivity contribution in [2.75, 3.05) is 5.33 Å². The fourth-order valence-corrected chi connectivity index (χ4v) is 2.12. The van der Waals surface area contributed by atoms with Crippen LogP contribution >= 0.6 is 15.9 Å². The summed E-state index contributed by atoms with van der Waals surface area (Å²) in [5, 5.41) is 0.879. The predicted molar refractivity (Wildman–Crippen MR) is 57.3 cm³/mol. The van der Waals surface area contributed by atoms with E-state index in [-0.39, 0.29) is 11.7 Å². The van der Waals surface area contributed by atoms with Gasteiger partial charge in [-0.15, -0.1) is 0 Å². The van der Waals surface area contributed by atoms with Crippen LogP contribution < -0.4 is 0 Å². The van der Waals surface area contributed by atoms with Gasteiger partial charge in [-0.25, -0.2) is 9.97 Å². The Balaban J connectivity index is 2.10. The monoisotopic (exact) mass is 256 g/mol. The molecule has 1 fully saturated rings. The van der Waals surface area contributed by atoms with Crippen LogP contribution in [0.5, 0.6) is 0 Å². The number of rotatable bonds is 2. The summed E-state index contributed by atoms with van der Waals surface area (Å²) in [5.41, 5.74) is 1.05. The van der Waals surface area contributed by atoms with E-state index in [1.807, 2.05) is 12.4 Å². The molecule has 2 rings (SSSR count). The van der Waals surface area contributed by atoms with Crippen molar-refractivity contribution in [3.8, 4) is 0 Å². The highest BCUT2D eigenvalue weighted by atomic mass is 79.9. The molecule has 0 spiro atoms. The smallest absolute Gasteiger partial charge is 0.115 e. The molecule has 0 saturated carbocycles. The van der Waals surface area contributed by atoms with Gasteiger partial charge in [0.2, 0.25) is 0 Å². The second-order valence-corrected chi connectivity index (χ2v) is 4.46. The van der Waals surface area contributed by atoms with Gasteiger partial charge in [0.05, 0.1) is 11.7 Å². The summed E-state index contributed by atoms with van der Waals surface area (Å²) in [5.74, 6) is 0. The van der Waals surface area contributed by atoms with Gasteiger partial charge in [0.15, 0.2) is 0 Å². The van der Waals surface area contributed by atoms with Crippen LogP contribution in [0.2, 0.25) is 0 Å².